The third kappa shape index (κ3) is 5.44. The van der Waals surface area contributed by atoms with Crippen molar-refractivity contribution in [2.45, 2.75) is 37.6 Å². The average molecular weight is 937 g/mol. The van der Waals surface area contributed by atoms with Gasteiger partial charge in [0.1, 0.15) is 11.6 Å². The number of fused-ring (bicyclic) bond motifs is 17. The molecule has 3 atom stereocenters. The molecule has 13 aromatic rings. The summed E-state index contributed by atoms with van der Waals surface area (Å²) in [6, 6.07) is 76.1. The van der Waals surface area contributed by atoms with Crippen molar-refractivity contribution in [2.75, 3.05) is 4.90 Å². The van der Waals surface area contributed by atoms with E-state index in [0.29, 0.717) is 0 Å². The summed E-state index contributed by atoms with van der Waals surface area (Å²) in [5, 5.41) is 7.51. The van der Waals surface area contributed by atoms with Gasteiger partial charge >= 0.3 is 0 Å². The zero-order valence-electron chi connectivity index (χ0n) is 40.5. The molecule has 6 heterocycles. The predicted octanol–water partition coefficient (Wildman–Crippen LogP) is 16.4. The van der Waals surface area contributed by atoms with Crippen LogP contribution in [0.3, 0.4) is 0 Å². The third-order valence-electron chi connectivity index (χ3n) is 16.6. The molecule has 1 aliphatic heterocycles. The molecule has 2 aliphatic carbocycles. The van der Waals surface area contributed by atoms with E-state index in [4.69, 9.17) is 4.98 Å². The van der Waals surface area contributed by atoms with Gasteiger partial charge in [-0.2, -0.15) is 0 Å². The maximum Gasteiger partial charge on any atom is 0.140 e. The van der Waals surface area contributed by atoms with Crippen LogP contribution in [0.2, 0.25) is 0 Å². The Morgan fingerprint density at radius 3 is 1.90 bits per heavy atom. The van der Waals surface area contributed by atoms with Crippen LogP contribution in [0.1, 0.15) is 36.6 Å². The highest BCUT2D eigenvalue weighted by Gasteiger charge is 2.47. The monoisotopic (exact) mass is 936 g/mol. The van der Waals surface area contributed by atoms with E-state index in [1.54, 1.807) is 0 Å². The Hall–Kier alpha value is -9.13. The van der Waals surface area contributed by atoms with Gasteiger partial charge in [-0.15, -0.1) is 0 Å². The van der Waals surface area contributed by atoms with E-state index in [1.165, 1.54) is 99.2 Å². The van der Waals surface area contributed by atoms with Crippen LogP contribution in [-0.4, -0.2) is 29.3 Å². The lowest BCUT2D eigenvalue weighted by Gasteiger charge is -2.34. The summed E-state index contributed by atoms with van der Waals surface area (Å²) in [6.07, 6.45) is 9.98. The van der Waals surface area contributed by atoms with Gasteiger partial charge in [0.05, 0.1) is 44.8 Å². The maximum absolute atomic E-state index is 5.68. The first-order valence-corrected chi connectivity index (χ1v) is 25.6. The van der Waals surface area contributed by atoms with Gasteiger partial charge in [-0.1, -0.05) is 159 Å². The van der Waals surface area contributed by atoms with Gasteiger partial charge in [-0.25, -0.2) is 4.98 Å². The number of benzene rings is 8. The summed E-state index contributed by atoms with van der Waals surface area (Å²) in [4.78, 5) is 8.13. The van der Waals surface area contributed by atoms with Crippen molar-refractivity contribution < 1.29 is 0 Å². The van der Waals surface area contributed by atoms with Crippen molar-refractivity contribution >= 4 is 76.9 Å². The molecular weight excluding hydrogens is 889 g/mol. The van der Waals surface area contributed by atoms with Crippen molar-refractivity contribution in [2.24, 2.45) is 0 Å². The summed E-state index contributed by atoms with van der Waals surface area (Å²) in [5.41, 5.74) is 18.2. The molecule has 0 saturated carbocycles. The van der Waals surface area contributed by atoms with Crippen LogP contribution in [-0.2, 0) is 11.8 Å². The summed E-state index contributed by atoms with van der Waals surface area (Å²) in [7, 11) is 0. The van der Waals surface area contributed by atoms with Crippen LogP contribution in [0.15, 0.2) is 231 Å². The summed E-state index contributed by atoms with van der Waals surface area (Å²) < 4.78 is 9.99. The third-order valence-corrected chi connectivity index (χ3v) is 16.6. The fourth-order valence-corrected chi connectivity index (χ4v) is 13.6. The first-order chi connectivity index (χ1) is 36.0. The molecular formula is C67H48N6. The Morgan fingerprint density at radius 2 is 1.10 bits per heavy atom. The second-order valence-corrected chi connectivity index (χ2v) is 20.5. The average Bonchev–Trinajstić information content (AvgIpc) is 4.22. The van der Waals surface area contributed by atoms with Gasteiger partial charge in [-0.3, -0.25) is 4.57 Å². The molecule has 8 aromatic carbocycles. The van der Waals surface area contributed by atoms with Crippen LogP contribution in [0.25, 0.3) is 99.6 Å². The Bertz CT molecular complexity index is 4540. The topological polar surface area (TPSA) is 35.9 Å². The van der Waals surface area contributed by atoms with Gasteiger partial charge in [0.15, 0.2) is 0 Å². The largest absolute Gasteiger partial charge is 0.318 e. The highest BCUT2D eigenvalue weighted by Crippen LogP contribution is 2.53. The normalized spacial score (nSPS) is 17.9. The van der Waals surface area contributed by atoms with E-state index in [-0.39, 0.29) is 17.4 Å². The van der Waals surface area contributed by atoms with Crippen LogP contribution in [0.5, 0.6) is 0 Å². The molecule has 73 heavy (non-hydrogen) atoms. The molecule has 0 amide bonds. The van der Waals surface area contributed by atoms with E-state index < -0.39 is 0 Å². The number of allylic oxidation sites excluding steroid dienone is 2. The first-order valence-electron chi connectivity index (χ1n) is 25.6. The molecule has 0 N–H and O–H groups in total. The molecule has 6 heteroatoms. The molecule has 0 spiro atoms. The number of para-hydroxylation sites is 6. The van der Waals surface area contributed by atoms with Gasteiger partial charge in [0.25, 0.3) is 0 Å². The molecule has 16 rings (SSSR count). The van der Waals surface area contributed by atoms with Gasteiger partial charge < -0.3 is 18.6 Å². The SMILES string of the molecule is CC1Cc2c(n(-c3cccc(N4c5ccccc5C5(C)C=CC=CC45)n3)c3ccccc23)-c2c1n(-c1cccc(-n3c4ccccc4c4ccc5c(c6ccccc6n5-c5ccccc5)c43)c1)c1ccccc21. The lowest BCUT2D eigenvalue weighted by Crippen LogP contribution is -2.39. The van der Waals surface area contributed by atoms with Crippen molar-refractivity contribution in [3.8, 4) is 34.1 Å². The van der Waals surface area contributed by atoms with Crippen LogP contribution < -0.4 is 4.90 Å². The van der Waals surface area contributed by atoms with E-state index in [9.17, 15) is 0 Å². The van der Waals surface area contributed by atoms with Crippen LogP contribution >= 0.6 is 0 Å². The van der Waals surface area contributed by atoms with Crippen LogP contribution in [0, 0.1) is 0 Å². The number of pyridine rings is 1. The van der Waals surface area contributed by atoms with E-state index in [1.807, 2.05) is 0 Å². The lowest BCUT2D eigenvalue weighted by atomic mass is 9.76. The van der Waals surface area contributed by atoms with Crippen molar-refractivity contribution in [1.29, 1.82) is 0 Å². The Kier molecular flexibility index (Phi) is 8.31. The minimum Gasteiger partial charge on any atom is -0.318 e. The lowest BCUT2D eigenvalue weighted by molar-refractivity contribution is 0.548. The highest BCUT2D eigenvalue weighted by molar-refractivity contribution is 6.26. The Balaban J connectivity index is 0.923. The first kappa shape index (κ1) is 40.6. The zero-order valence-corrected chi connectivity index (χ0v) is 40.5. The second-order valence-electron chi connectivity index (χ2n) is 20.5. The molecule has 3 aliphatic rings. The van der Waals surface area contributed by atoms with Crippen LogP contribution in [0.4, 0.5) is 11.5 Å². The van der Waals surface area contributed by atoms with Gasteiger partial charge in [-0.05, 0) is 103 Å². The second kappa shape index (κ2) is 15.0. The van der Waals surface area contributed by atoms with Crippen molar-refractivity contribution in [3.63, 3.8) is 0 Å². The summed E-state index contributed by atoms with van der Waals surface area (Å²) in [6.45, 7) is 4.78. The predicted molar refractivity (Wildman–Crippen MR) is 302 cm³/mol. The van der Waals surface area contributed by atoms with E-state index >= 15 is 0 Å². The van der Waals surface area contributed by atoms with Gasteiger partial charge in [0.2, 0.25) is 0 Å². The zero-order chi connectivity index (χ0) is 48.1. The van der Waals surface area contributed by atoms with E-state index in [2.05, 4.69) is 268 Å². The standard InChI is InChI=1S/C67H48N6/c1-42-40-51-47-25-7-12-30-54(47)73(61-36-19-35-60(68-61)72-57-33-15-10-28-52(57)67(2)39-17-16-34-59(67)72)66(51)63-50-27-9-14-32-56(50)70(64(42)63)44-22-18-23-45(41-44)71-53-29-11-6-24-46(53)48-37-38-58-62(65(48)71)49-26-8-13-31-55(49)69(58)43-20-4-3-5-21-43/h3-39,41-42,59H,40H2,1-2H3. The number of hydrogen-bond donors (Lipinski definition) is 0. The molecule has 3 unspecified atom stereocenters. The molecule has 346 valence electrons. The quantitative estimate of drug-likeness (QED) is 0.172. The molecule has 0 saturated heterocycles. The highest BCUT2D eigenvalue weighted by atomic mass is 15.3. The summed E-state index contributed by atoms with van der Waals surface area (Å²) in [5.74, 6) is 2.08. The fourth-order valence-electron chi connectivity index (χ4n) is 13.6. The Morgan fingerprint density at radius 1 is 0.479 bits per heavy atom. The number of hydrogen-bond acceptors (Lipinski definition) is 2. The van der Waals surface area contributed by atoms with E-state index in [0.717, 1.165) is 35.1 Å². The van der Waals surface area contributed by atoms with Crippen molar-refractivity contribution in [3.05, 3.63) is 247 Å². The molecule has 0 radical (unpaired) electrons. The molecule has 5 aromatic heterocycles. The Labute approximate surface area is 422 Å². The summed E-state index contributed by atoms with van der Waals surface area (Å²) >= 11 is 0. The maximum atomic E-state index is 5.68. The minimum atomic E-state index is -0.164. The molecule has 6 nitrogen and oxygen atoms in total. The smallest absolute Gasteiger partial charge is 0.140 e. The molecule has 0 bridgehead atoms. The number of anilines is 2. The minimum absolute atomic E-state index is 0.109. The fraction of sp³-hybridized carbons (Fsp3) is 0.0896. The van der Waals surface area contributed by atoms with Crippen molar-refractivity contribution in [1.82, 2.24) is 23.3 Å². The van der Waals surface area contributed by atoms with Gasteiger partial charge in [0, 0.05) is 77.7 Å². The molecule has 0 fully saturated rings. The number of nitrogens with zero attached hydrogens (tertiary/aromatic N) is 6. The number of aromatic nitrogens is 5. The number of rotatable bonds is 5.